The number of carbonyl (C=O) groups is 3. The fraction of sp³-hybridized carbons (Fsp3) is 0.403. The number of Topliss-reactive ketones (excluding diaryl/α,β-unsaturated/α-hetero) is 2. The van der Waals surface area contributed by atoms with Gasteiger partial charge in [0, 0.05) is 69.4 Å². The van der Waals surface area contributed by atoms with Crippen LogP contribution in [0.3, 0.4) is 0 Å². The van der Waals surface area contributed by atoms with Crippen LogP contribution in [0, 0.1) is 16.6 Å². The number of rotatable bonds is 23. The van der Waals surface area contributed by atoms with Crippen molar-refractivity contribution in [1.29, 1.82) is 0 Å². The number of fused-ring (bicyclic) bond motifs is 4. The topological polar surface area (TPSA) is 228 Å². The molecule has 97 heavy (non-hydrogen) atoms. The van der Waals surface area contributed by atoms with Gasteiger partial charge in [0.1, 0.15) is 21.3 Å². The maximum atomic E-state index is 12.9. The third kappa shape index (κ3) is 19.8. The van der Waals surface area contributed by atoms with Crippen LogP contribution >= 0.6 is 85.4 Å². The lowest BCUT2D eigenvalue weighted by atomic mass is 9.84. The highest BCUT2D eigenvalue weighted by molar-refractivity contribution is 8.24. The number of aromatic nitrogens is 10. The van der Waals surface area contributed by atoms with E-state index < -0.39 is 11.2 Å². The van der Waals surface area contributed by atoms with E-state index >= 15 is 0 Å². The Morgan fingerprint density at radius 1 is 0.577 bits per heavy atom. The smallest absolute Gasteiger partial charge is 0.339 e. The monoisotopic (exact) mass is 1470 g/mol. The summed E-state index contributed by atoms with van der Waals surface area (Å²) in [6.45, 7) is 40.2. The maximum absolute atomic E-state index is 12.9. The second-order valence-electron chi connectivity index (χ2n) is 25.4. The number of aromatic amines is 3. The Hall–Kier alpha value is -6.74. The number of hydrogen-bond acceptors (Lipinski definition) is 12. The highest BCUT2D eigenvalue weighted by Gasteiger charge is 2.28. The summed E-state index contributed by atoms with van der Waals surface area (Å²) in [6, 6.07) is 23.3. The van der Waals surface area contributed by atoms with E-state index in [2.05, 4.69) is 174 Å². The molecule has 0 saturated carbocycles. The molecule has 6 heterocycles. The lowest BCUT2D eigenvalue weighted by Gasteiger charge is -2.19. The zero-order valence-electron chi connectivity index (χ0n) is 57.6. The van der Waals surface area contributed by atoms with Crippen molar-refractivity contribution in [2.24, 2.45) is 11.8 Å². The summed E-state index contributed by atoms with van der Waals surface area (Å²) in [5, 5.41) is 8.40. The largest absolute Gasteiger partial charge is 0.478 e. The van der Waals surface area contributed by atoms with Gasteiger partial charge in [-0.05, 0) is 211 Å². The molecule has 4 N–H and O–H groups in total. The van der Waals surface area contributed by atoms with Gasteiger partial charge >= 0.3 is 22.5 Å². The Balaban J connectivity index is 0.000000202. The predicted octanol–water partition coefficient (Wildman–Crippen LogP) is 22.0. The van der Waals surface area contributed by atoms with Gasteiger partial charge in [0.2, 0.25) is 5.28 Å². The van der Waals surface area contributed by atoms with Gasteiger partial charge in [-0.15, -0.1) is 42.4 Å². The third-order valence-corrected chi connectivity index (χ3v) is 18.8. The number of thiazole rings is 2. The number of halogens is 4. The minimum atomic E-state index is -3.22. The minimum absolute atomic E-state index is 0.00880. The molecule has 520 valence electrons. The van der Waals surface area contributed by atoms with Crippen LogP contribution in [0.1, 0.15) is 207 Å². The van der Waals surface area contributed by atoms with E-state index in [1.165, 1.54) is 27.2 Å². The van der Waals surface area contributed by atoms with Crippen LogP contribution in [-0.4, -0.2) is 70.8 Å². The molecule has 0 aliphatic heterocycles. The van der Waals surface area contributed by atoms with Crippen molar-refractivity contribution >= 4 is 147 Å². The number of allylic oxidation sites excluding steroid dienone is 3. The van der Waals surface area contributed by atoms with Crippen LogP contribution < -0.4 is 11.4 Å². The number of H-pyrrole nitrogens is 3. The Bertz CT molecular complexity index is 4670. The number of hydrogen-bond donors (Lipinski definition) is 4. The number of aromatic carboxylic acids is 1. The minimum Gasteiger partial charge on any atom is -0.478 e. The van der Waals surface area contributed by atoms with E-state index in [1.54, 1.807) is 62.1 Å². The number of carbonyl (C=O) groups excluding carboxylic acids is 2. The summed E-state index contributed by atoms with van der Waals surface area (Å²) < 4.78 is 17.7. The van der Waals surface area contributed by atoms with Crippen molar-refractivity contribution in [2.75, 3.05) is 0 Å². The van der Waals surface area contributed by atoms with Gasteiger partial charge < -0.3 is 29.2 Å². The molecule has 0 radical (unpaired) electrons. The number of ketones is 2. The molecule has 10 aromatic rings. The van der Waals surface area contributed by atoms with Crippen LogP contribution in [-0.2, 0) is 22.2 Å². The molecular weight excluding hydrogens is 1390 g/mol. The van der Waals surface area contributed by atoms with E-state index in [0.29, 0.717) is 58.1 Å². The average molecular weight is 1480 g/mol. The molecule has 0 unspecified atom stereocenters. The van der Waals surface area contributed by atoms with Crippen LogP contribution in [0.2, 0.25) is 5.28 Å². The zero-order chi connectivity index (χ0) is 72.1. The molecule has 0 bridgehead atoms. The lowest BCUT2D eigenvalue weighted by molar-refractivity contribution is -0.124. The molecule has 1 atom stereocenters. The molecule has 0 fully saturated rings. The van der Waals surface area contributed by atoms with E-state index in [4.69, 9.17) is 38.9 Å². The standard InChI is InChI=1S/C21H28N2O3.C20H24ClN3S.C20H25N3S2.C11H12N2O3.Cl3OP/c1-6-7-11-18(24)16(13(2)3)12-19(25)15-9-8-10-17-20(15)22-21(26)23(17)14(4)5;1-6-7-11-16-17(12(2)3)22-19(25-16)14-9-8-10-15-18(14)23-20(21)24(15)13(4)5;1-6-7-11-16-17(12(2)3)21-19(25-16)14-9-8-10-15-18(14)22-20(24)23(15)13(4)5;1-6(2)13-8-5-3-4-7(10(14)15)9(8)12-11(13)16;1-5(2,3)4/h6,8-10,13-14,16H,1,7,11-12H2,2-5H3,(H,22,26);6,8-10,12-13H,1,7,11H2,2-5H3;6,8-10,12-13H,1,7,11H2,2-5H3,(H,22,24);3-6H,1-2H3,(H,12,16)(H,14,15);/t16-;;;;/m0..../s1. The van der Waals surface area contributed by atoms with Crippen molar-refractivity contribution in [3.63, 3.8) is 0 Å². The first-order valence-corrected chi connectivity index (χ1v) is 39.2. The summed E-state index contributed by atoms with van der Waals surface area (Å²) in [6.07, 6.45) is 10.8. The molecule has 0 spiro atoms. The summed E-state index contributed by atoms with van der Waals surface area (Å²) >= 11 is 29.4. The van der Waals surface area contributed by atoms with E-state index in [-0.39, 0.29) is 64.9 Å². The van der Waals surface area contributed by atoms with Gasteiger partial charge in [-0.3, -0.25) is 23.3 Å². The number of carboxylic acid groups (broad SMARTS) is 1. The van der Waals surface area contributed by atoms with Crippen molar-refractivity contribution in [3.8, 4) is 21.1 Å². The quantitative estimate of drug-likeness (QED) is 0.0204. The molecule has 25 heteroatoms. The van der Waals surface area contributed by atoms with Crippen molar-refractivity contribution < 1.29 is 24.1 Å². The first-order chi connectivity index (χ1) is 45.7. The van der Waals surface area contributed by atoms with Crippen LogP contribution in [0.15, 0.2) is 120 Å². The summed E-state index contributed by atoms with van der Waals surface area (Å²) in [5.74, 6) is -0.482. The van der Waals surface area contributed by atoms with Gasteiger partial charge in [-0.1, -0.05) is 84.0 Å². The number of imidazole rings is 4. The molecule has 0 amide bonds. The highest BCUT2D eigenvalue weighted by atomic mass is 36.0. The van der Waals surface area contributed by atoms with E-state index in [1.807, 2.05) is 59.8 Å². The Morgan fingerprint density at radius 3 is 1.42 bits per heavy atom. The third-order valence-electron chi connectivity index (χ3n) is 15.9. The molecule has 10 rings (SSSR count). The molecule has 0 aliphatic carbocycles. The van der Waals surface area contributed by atoms with Gasteiger partial charge in [-0.25, -0.2) is 29.3 Å². The van der Waals surface area contributed by atoms with Crippen LogP contribution in [0.25, 0.3) is 65.3 Å². The van der Waals surface area contributed by atoms with E-state index in [0.717, 1.165) is 79.2 Å². The molecule has 0 aliphatic rings. The number of nitrogens with one attached hydrogen (secondary N) is 3. The Morgan fingerprint density at radius 2 is 0.990 bits per heavy atom. The first kappa shape index (κ1) is 79.2. The summed E-state index contributed by atoms with van der Waals surface area (Å²) in [4.78, 5) is 86.4. The number of aryl methyl sites for hydroxylation is 2. The molecule has 0 saturated heterocycles. The number of para-hydroxylation sites is 4. The first-order valence-electron chi connectivity index (χ1n) is 32.3. The number of carboxylic acids is 1. The van der Waals surface area contributed by atoms with Gasteiger partial charge in [0.25, 0.3) is 0 Å². The zero-order valence-corrected chi connectivity index (χ0v) is 63.9. The van der Waals surface area contributed by atoms with E-state index in [9.17, 15) is 28.5 Å². The maximum Gasteiger partial charge on any atom is 0.339 e. The van der Waals surface area contributed by atoms with Crippen LogP contribution in [0.4, 0.5) is 0 Å². The SMILES string of the molecule is C=CCCC(=O)[C@@H](CC(=O)c1cccc2c1[nH]c(=O)n2C(C)C)C(C)C.C=CCCc1sc(-c2cccc3c2[nH]c(=S)n3C(C)C)nc1C(C)C.C=CCCc1sc(-c2cccc3c2nc(Cl)n3C(C)C)nc1C(C)C.CC(C)n1c(=O)[nH]c2c(C(=O)O)cccc21.O=P(Cl)(Cl)Cl. The molecule has 6 aromatic heterocycles. The molecule has 4 aromatic carbocycles. The van der Waals surface area contributed by atoms with Crippen molar-refractivity contribution in [1.82, 2.24) is 48.2 Å². The van der Waals surface area contributed by atoms with Crippen LogP contribution in [0.5, 0.6) is 0 Å². The Labute approximate surface area is 599 Å². The molecule has 17 nitrogen and oxygen atoms in total. The second-order valence-corrected chi connectivity index (χ2v) is 34.9. The van der Waals surface area contributed by atoms with Gasteiger partial charge in [0.15, 0.2) is 10.6 Å². The average Bonchev–Trinajstić information content (AvgIpc) is 1.64. The number of nitrogens with zero attached hydrogens (tertiary/aromatic N) is 7. The second kappa shape index (κ2) is 35.3. The highest BCUT2D eigenvalue weighted by Crippen LogP contribution is 2.61. The van der Waals surface area contributed by atoms with Crippen molar-refractivity contribution in [3.05, 3.63) is 174 Å². The fourth-order valence-electron chi connectivity index (χ4n) is 11.5. The normalized spacial score (nSPS) is 11.9. The van der Waals surface area contributed by atoms with Gasteiger partial charge in [-0.2, -0.15) is 0 Å². The van der Waals surface area contributed by atoms with Gasteiger partial charge in [0.05, 0.1) is 55.6 Å². The molecular formula is C72H89Cl4N10O7PS3. The summed E-state index contributed by atoms with van der Waals surface area (Å²) in [7, 11) is 0. The summed E-state index contributed by atoms with van der Waals surface area (Å²) in [5.41, 5.74) is 11.2. The lowest BCUT2D eigenvalue weighted by Crippen LogP contribution is -2.23. The van der Waals surface area contributed by atoms with Crippen molar-refractivity contribution in [2.45, 2.75) is 178 Å². The fourth-order valence-corrected chi connectivity index (χ4v) is 14.8. The number of benzene rings is 4. The predicted molar refractivity (Wildman–Crippen MR) is 410 cm³/mol. The Kier molecular flexibility index (Phi) is 28.9.